The van der Waals surface area contributed by atoms with E-state index in [2.05, 4.69) is 27.3 Å². The van der Waals surface area contributed by atoms with E-state index in [0.717, 1.165) is 55.7 Å². The molecule has 134 valence electrons. The first-order valence-corrected chi connectivity index (χ1v) is 8.47. The molecule has 0 atom stereocenters. The lowest BCUT2D eigenvalue weighted by molar-refractivity contribution is 0.346. The zero-order chi connectivity index (χ0) is 17.6. The smallest absolute Gasteiger partial charge is 0.193 e. The molecule has 0 saturated carbocycles. The summed E-state index contributed by atoms with van der Waals surface area (Å²) in [5, 5.41) is 3.42. The summed E-state index contributed by atoms with van der Waals surface area (Å²) in [6.07, 6.45) is 3.49. The number of nitrogens with one attached hydrogen (secondary N) is 1. The largest absolute Gasteiger partial charge is 0.493 e. The van der Waals surface area contributed by atoms with Gasteiger partial charge in [-0.05, 0) is 41.8 Å². The Morgan fingerprint density at radius 3 is 2.64 bits per heavy atom. The van der Waals surface area contributed by atoms with Crippen molar-refractivity contribution in [2.24, 2.45) is 4.99 Å². The Morgan fingerprint density at radius 2 is 2.00 bits per heavy atom. The standard InChI is InChI=1S/C19H25N3O3/c1-20-19(21-8-6-16-5-4-10-25-16)22-9-7-14-11-17(23-2)18(24-3)12-15(14)13-22/h4-5,10-12H,6-9,13H2,1-3H3,(H,20,21). The molecule has 1 aliphatic rings. The van der Waals surface area contributed by atoms with E-state index in [1.807, 2.05) is 19.2 Å². The molecule has 0 unspecified atom stereocenters. The minimum absolute atomic E-state index is 0.767. The maximum absolute atomic E-state index is 5.43. The van der Waals surface area contributed by atoms with E-state index in [0.29, 0.717) is 0 Å². The van der Waals surface area contributed by atoms with E-state index in [9.17, 15) is 0 Å². The number of rotatable bonds is 5. The highest BCUT2D eigenvalue weighted by atomic mass is 16.5. The van der Waals surface area contributed by atoms with Crippen molar-refractivity contribution in [2.45, 2.75) is 19.4 Å². The molecule has 3 rings (SSSR count). The molecule has 0 bridgehead atoms. The molecule has 6 heteroatoms. The van der Waals surface area contributed by atoms with Gasteiger partial charge in [0.05, 0.1) is 20.5 Å². The summed E-state index contributed by atoms with van der Waals surface area (Å²) in [4.78, 5) is 6.69. The van der Waals surface area contributed by atoms with Crippen LogP contribution in [0, 0.1) is 0 Å². The van der Waals surface area contributed by atoms with Gasteiger partial charge < -0.3 is 24.1 Å². The molecule has 0 saturated heterocycles. The number of benzene rings is 1. The van der Waals surface area contributed by atoms with Gasteiger partial charge in [0.1, 0.15) is 5.76 Å². The second-order valence-corrected chi connectivity index (χ2v) is 5.95. The SMILES string of the molecule is CN=C(NCCc1ccco1)N1CCc2cc(OC)c(OC)cc2C1. The van der Waals surface area contributed by atoms with Crippen LogP contribution in [0.3, 0.4) is 0 Å². The molecule has 0 aliphatic carbocycles. The second-order valence-electron chi connectivity index (χ2n) is 5.95. The summed E-state index contributed by atoms with van der Waals surface area (Å²) < 4.78 is 16.2. The Kier molecular flexibility index (Phi) is 5.48. The number of furan rings is 1. The number of nitrogens with zero attached hydrogens (tertiary/aromatic N) is 2. The maximum Gasteiger partial charge on any atom is 0.193 e. The van der Waals surface area contributed by atoms with Crippen LogP contribution < -0.4 is 14.8 Å². The van der Waals surface area contributed by atoms with Crippen LogP contribution in [0.25, 0.3) is 0 Å². The minimum atomic E-state index is 0.767. The highest BCUT2D eigenvalue weighted by Crippen LogP contribution is 2.33. The van der Waals surface area contributed by atoms with Crippen molar-refractivity contribution < 1.29 is 13.9 Å². The molecule has 25 heavy (non-hydrogen) atoms. The third kappa shape index (κ3) is 3.90. The number of guanidine groups is 1. The molecule has 0 spiro atoms. The Labute approximate surface area is 148 Å². The molecular weight excluding hydrogens is 318 g/mol. The fraction of sp³-hybridized carbons (Fsp3) is 0.421. The lowest BCUT2D eigenvalue weighted by Gasteiger charge is -2.32. The van der Waals surface area contributed by atoms with Crippen LogP contribution in [0.4, 0.5) is 0 Å². The maximum atomic E-state index is 5.43. The molecule has 0 fully saturated rings. The van der Waals surface area contributed by atoms with Crippen LogP contribution in [0.2, 0.25) is 0 Å². The van der Waals surface area contributed by atoms with E-state index < -0.39 is 0 Å². The first-order valence-electron chi connectivity index (χ1n) is 8.47. The average molecular weight is 343 g/mol. The average Bonchev–Trinajstić information content (AvgIpc) is 3.17. The topological polar surface area (TPSA) is 59.2 Å². The lowest BCUT2D eigenvalue weighted by Crippen LogP contribution is -2.44. The molecule has 6 nitrogen and oxygen atoms in total. The molecule has 1 N–H and O–H groups in total. The number of aliphatic imine (C=N–C) groups is 1. The Balaban J connectivity index is 1.65. The lowest BCUT2D eigenvalue weighted by atomic mass is 9.99. The van der Waals surface area contributed by atoms with E-state index in [1.165, 1.54) is 11.1 Å². The van der Waals surface area contributed by atoms with Gasteiger partial charge in [-0.15, -0.1) is 0 Å². The highest BCUT2D eigenvalue weighted by molar-refractivity contribution is 5.80. The molecule has 1 aromatic heterocycles. The summed E-state index contributed by atoms with van der Waals surface area (Å²) in [7, 11) is 5.16. The van der Waals surface area contributed by atoms with E-state index in [1.54, 1.807) is 20.5 Å². The van der Waals surface area contributed by atoms with E-state index >= 15 is 0 Å². The van der Waals surface area contributed by atoms with Crippen molar-refractivity contribution in [1.82, 2.24) is 10.2 Å². The third-order valence-electron chi connectivity index (χ3n) is 4.46. The van der Waals surface area contributed by atoms with Crippen molar-refractivity contribution >= 4 is 5.96 Å². The quantitative estimate of drug-likeness (QED) is 0.668. The van der Waals surface area contributed by atoms with Crippen LogP contribution in [0.15, 0.2) is 39.9 Å². The van der Waals surface area contributed by atoms with Crippen molar-refractivity contribution in [3.63, 3.8) is 0 Å². The van der Waals surface area contributed by atoms with Gasteiger partial charge in [0, 0.05) is 33.1 Å². The zero-order valence-electron chi connectivity index (χ0n) is 15.0. The minimum Gasteiger partial charge on any atom is -0.493 e. The van der Waals surface area contributed by atoms with Gasteiger partial charge in [-0.1, -0.05) is 0 Å². The molecule has 1 aliphatic heterocycles. The van der Waals surface area contributed by atoms with Gasteiger partial charge in [0.25, 0.3) is 0 Å². The predicted octanol–water partition coefficient (Wildman–Crippen LogP) is 2.47. The van der Waals surface area contributed by atoms with Crippen molar-refractivity contribution in [3.8, 4) is 11.5 Å². The second kappa shape index (κ2) is 7.96. The number of fused-ring (bicyclic) bond motifs is 1. The normalized spacial score (nSPS) is 14.2. The molecular formula is C19H25N3O3. The van der Waals surface area contributed by atoms with E-state index in [4.69, 9.17) is 13.9 Å². The number of hydrogen-bond acceptors (Lipinski definition) is 4. The Hall–Kier alpha value is -2.63. The molecule has 2 aromatic rings. The van der Waals surface area contributed by atoms with Gasteiger partial charge >= 0.3 is 0 Å². The zero-order valence-corrected chi connectivity index (χ0v) is 15.0. The number of ether oxygens (including phenoxy) is 2. The molecule has 0 radical (unpaired) electrons. The summed E-state index contributed by atoms with van der Waals surface area (Å²) in [6.45, 7) is 2.51. The van der Waals surface area contributed by atoms with Crippen LogP contribution in [0.5, 0.6) is 11.5 Å². The van der Waals surface area contributed by atoms with Crippen LogP contribution >= 0.6 is 0 Å². The Morgan fingerprint density at radius 1 is 1.24 bits per heavy atom. The summed E-state index contributed by atoms with van der Waals surface area (Å²) >= 11 is 0. The van der Waals surface area contributed by atoms with Crippen LogP contribution in [-0.4, -0.2) is 45.2 Å². The van der Waals surface area contributed by atoms with Gasteiger partial charge in [-0.3, -0.25) is 4.99 Å². The fourth-order valence-corrected chi connectivity index (χ4v) is 3.15. The molecule has 2 heterocycles. The van der Waals surface area contributed by atoms with Gasteiger partial charge in [-0.25, -0.2) is 0 Å². The molecule has 1 aromatic carbocycles. The number of hydrogen-bond donors (Lipinski definition) is 1. The monoisotopic (exact) mass is 343 g/mol. The van der Waals surface area contributed by atoms with Crippen molar-refractivity contribution in [1.29, 1.82) is 0 Å². The number of methoxy groups -OCH3 is 2. The predicted molar refractivity (Wildman–Crippen MR) is 97.4 cm³/mol. The third-order valence-corrected chi connectivity index (χ3v) is 4.46. The summed E-state index contributed by atoms with van der Waals surface area (Å²) in [5.74, 6) is 3.44. The first kappa shape index (κ1) is 17.2. The highest BCUT2D eigenvalue weighted by Gasteiger charge is 2.21. The van der Waals surface area contributed by atoms with Gasteiger partial charge in [0.15, 0.2) is 17.5 Å². The van der Waals surface area contributed by atoms with Crippen molar-refractivity contribution in [2.75, 3.05) is 34.4 Å². The fourth-order valence-electron chi connectivity index (χ4n) is 3.15. The van der Waals surface area contributed by atoms with Gasteiger partial charge in [-0.2, -0.15) is 0 Å². The Bertz CT molecular complexity index is 726. The van der Waals surface area contributed by atoms with Crippen LogP contribution in [0.1, 0.15) is 16.9 Å². The first-order chi connectivity index (χ1) is 12.2. The summed E-state index contributed by atoms with van der Waals surface area (Å²) in [6, 6.07) is 8.05. The molecule has 0 amide bonds. The van der Waals surface area contributed by atoms with Gasteiger partial charge in [0.2, 0.25) is 0 Å². The van der Waals surface area contributed by atoms with Crippen molar-refractivity contribution in [3.05, 3.63) is 47.4 Å². The van der Waals surface area contributed by atoms with E-state index in [-0.39, 0.29) is 0 Å². The summed E-state index contributed by atoms with van der Waals surface area (Å²) in [5.41, 5.74) is 2.55. The van der Waals surface area contributed by atoms with Crippen LogP contribution in [-0.2, 0) is 19.4 Å².